The van der Waals surface area contributed by atoms with E-state index in [9.17, 15) is 0 Å². The summed E-state index contributed by atoms with van der Waals surface area (Å²) in [5, 5.41) is 10.3. The largest absolute Gasteiger partial charge is 0.308 e. The van der Waals surface area contributed by atoms with E-state index in [0.717, 1.165) is 0 Å². The van der Waals surface area contributed by atoms with Crippen LogP contribution in [0.1, 0.15) is 0 Å². The van der Waals surface area contributed by atoms with Gasteiger partial charge in [0.25, 0.3) is 0 Å². The van der Waals surface area contributed by atoms with E-state index >= 15 is 0 Å². The molecule has 1 nitrogen and oxygen atoms in total. The molecule has 9 aromatic carbocycles. The van der Waals surface area contributed by atoms with E-state index in [2.05, 4.69) is 180 Å². The molecular formula is C48H29N. The summed E-state index contributed by atoms with van der Waals surface area (Å²) in [4.78, 5) is 0. The van der Waals surface area contributed by atoms with Crippen molar-refractivity contribution in [1.82, 2.24) is 4.57 Å². The van der Waals surface area contributed by atoms with E-state index < -0.39 is 0 Å². The van der Waals surface area contributed by atoms with E-state index in [1.165, 1.54) is 104 Å². The maximum Gasteiger partial charge on any atom is 0.0620 e. The number of benzene rings is 9. The summed E-state index contributed by atoms with van der Waals surface area (Å²) in [5.74, 6) is 0. The van der Waals surface area contributed by atoms with Gasteiger partial charge in [0.2, 0.25) is 0 Å². The molecule has 11 rings (SSSR count). The molecule has 49 heavy (non-hydrogen) atoms. The lowest BCUT2D eigenvalue weighted by molar-refractivity contribution is 1.19. The first-order chi connectivity index (χ1) is 24.3. The topological polar surface area (TPSA) is 4.93 Å². The Morgan fingerprint density at radius 3 is 1.51 bits per heavy atom. The molecule has 0 N–H and O–H groups in total. The van der Waals surface area contributed by atoms with Gasteiger partial charge in [0, 0.05) is 21.9 Å². The van der Waals surface area contributed by atoms with Gasteiger partial charge in [-0.05, 0) is 102 Å². The summed E-state index contributed by atoms with van der Waals surface area (Å²) in [6.45, 7) is 0. The Kier molecular flexibility index (Phi) is 5.45. The van der Waals surface area contributed by atoms with Crippen molar-refractivity contribution in [3.8, 4) is 50.2 Å². The van der Waals surface area contributed by atoms with Gasteiger partial charge >= 0.3 is 0 Å². The van der Waals surface area contributed by atoms with Gasteiger partial charge in [-0.15, -0.1) is 0 Å². The maximum atomic E-state index is 2.51. The van der Waals surface area contributed by atoms with Crippen LogP contribution in [-0.2, 0) is 0 Å². The molecule has 0 radical (unpaired) electrons. The minimum Gasteiger partial charge on any atom is -0.308 e. The fourth-order valence-electron chi connectivity index (χ4n) is 8.52. The third-order valence-corrected chi connectivity index (χ3v) is 10.7. The molecule has 0 aliphatic carbocycles. The SMILES string of the molecule is c1ccc(-c2ccc3c(c2)-c2ccccc2-c2cc(-c4ccc5c6ccccc6c6ccccc6c5c4)cc4c5ccccc5n-3c24)cc1. The molecule has 1 heteroatoms. The van der Waals surface area contributed by atoms with Gasteiger partial charge in [-0.2, -0.15) is 0 Å². The molecule has 1 aliphatic rings. The summed E-state index contributed by atoms with van der Waals surface area (Å²) < 4.78 is 2.51. The van der Waals surface area contributed by atoms with Crippen LogP contribution in [0.15, 0.2) is 176 Å². The Balaban J connectivity index is 1.23. The minimum absolute atomic E-state index is 1.22. The Morgan fingerprint density at radius 1 is 0.265 bits per heavy atom. The first-order valence-electron chi connectivity index (χ1n) is 17.0. The molecule has 0 unspecified atom stereocenters. The van der Waals surface area contributed by atoms with Crippen molar-refractivity contribution in [2.45, 2.75) is 0 Å². The van der Waals surface area contributed by atoms with Crippen molar-refractivity contribution >= 4 is 54.1 Å². The number of rotatable bonds is 2. The predicted octanol–water partition coefficient (Wildman–Crippen LogP) is 13.2. The quantitative estimate of drug-likeness (QED) is 0.170. The lowest BCUT2D eigenvalue weighted by atomic mass is 9.89. The summed E-state index contributed by atoms with van der Waals surface area (Å²) >= 11 is 0. The molecule has 1 aliphatic heterocycles. The molecule has 0 spiro atoms. The van der Waals surface area contributed by atoms with Crippen LogP contribution in [0.4, 0.5) is 0 Å². The van der Waals surface area contributed by atoms with Crippen molar-refractivity contribution in [2.24, 2.45) is 0 Å². The van der Waals surface area contributed by atoms with Gasteiger partial charge in [-0.3, -0.25) is 0 Å². The minimum atomic E-state index is 1.22. The highest BCUT2D eigenvalue weighted by Crippen LogP contribution is 2.49. The van der Waals surface area contributed by atoms with Gasteiger partial charge in [0.15, 0.2) is 0 Å². The second-order valence-corrected chi connectivity index (χ2v) is 13.3. The Labute approximate surface area is 283 Å². The van der Waals surface area contributed by atoms with Crippen LogP contribution in [0, 0.1) is 0 Å². The fourth-order valence-corrected chi connectivity index (χ4v) is 8.52. The molecule has 2 heterocycles. The smallest absolute Gasteiger partial charge is 0.0620 e. The van der Waals surface area contributed by atoms with E-state index in [1.807, 2.05) is 0 Å². The van der Waals surface area contributed by atoms with Crippen molar-refractivity contribution in [3.63, 3.8) is 0 Å². The fraction of sp³-hybridized carbons (Fsp3) is 0. The van der Waals surface area contributed by atoms with Crippen molar-refractivity contribution in [2.75, 3.05) is 0 Å². The maximum absolute atomic E-state index is 2.51. The monoisotopic (exact) mass is 619 g/mol. The van der Waals surface area contributed by atoms with Crippen molar-refractivity contribution in [3.05, 3.63) is 176 Å². The lowest BCUT2D eigenvalue weighted by Crippen LogP contribution is -1.96. The normalized spacial score (nSPS) is 12.1. The summed E-state index contributed by atoms with van der Waals surface area (Å²) in [7, 11) is 0. The van der Waals surface area contributed by atoms with Crippen LogP contribution in [0.2, 0.25) is 0 Å². The molecule has 0 saturated carbocycles. The number of hydrogen-bond donors (Lipinski definition) is 0. The molecule has 1 aromatic heterocycles. The van der Waals surface area contributed by atoms with Crippen LogP contribution in [-0.4, -0.2) is 4.57 Å². The highest BCUT2D eigenvalue weighted by atomic mass is 15.0. The lowest BCUT2D eigenvalue weighted by Gasteiger charge is -2.14. The molecule has 0 saturated heterocycles. The van der Waals surface area contributed by atoms with Crippen LogP contribution in [0.25, 0.3) is 104 Å². The van der Waals surface area contributed by atoms with Crippen LogP contribution < -0.4 is 0 Å². The summed E-state index contributed by atoms with van der Waals surface area (Å²) in [6.07, 6.45) is 0. The average Bonchev–Trinajstić information content (AvgIpc) is 3.45. The molecule has 0 amide bonds. The van der Waals surface area contributed by atoms with Crippen molar-refractivity contribution < 1.29 is 0 Å². The van der Waals surface area contributed by atoms with E-state index in [1.54, 1.807) is 0 Å². The van der Waals surface area contributed by atoms with E-state index in [-0.39, 0.29) is 0 Å². The molecule has 226 valence electrons. The van der Waals surface area contributed by atoms with Gasteiger partial charge in [-0.25, -0.2) is 0 Å². The number of fused-ring (bicyclic) bond motifs is 14. The zero-order valence-electron chi connectivity index (χ0n) is 26.7. The Bertz CT molecular complexity index is 2940. The highest BCUT2D eigenvalue weighted by Gasteiger charge is 2.25. The van der Waals surface area contributed by atoms with Gasteiger partial charge < -0.3 is 4.57 Å². The number of hydrogen-bond acceptors (Lipinski definition) is 0. The number of nitrogens with zero attached hydrogens (tertiary/aromatic N) is 1. The van der Waals surface area contributed by atoms with Crippen LogP contribution >= 0.6 is 0 Å². The number of aromatic nitrogens is 1. The van der Waals surface area contributed by atoms with Crippen molar-refractivity contribution in [1.29, 1.82) is 0 Å². The first kappa shape index (κ1) is 26.6. The molecule has 10 aromatic rings. The molecule has 0 bridgehead atoms. The zero-order chi connectivity index (χ0) is 32.1. The van der Waals surface area contributed by atoms with Gasteiger partial charge in [-0.1, -0.05) is 140 Å². The summed E-state index contributed by atoms with van der Waals surface area (Å²) in [6, 6.07) is 65.1. The second kappa shape index (κ2) is 10.0. The third kappa shape index (κ3) is 3.76. The first-order valence-corrected chi connectivity index (χ1v) is 17.0. The standard InChI is InChI=1S/C48H29N/c1-2-12-30(13-3-1)31-23-25-47-43(27-31)38-18-8-9-19-39(38)44-28-33(29-45-41-20-10-11-21-46(41)49(47)48(44)45)32-22-24-40-36-16-5-4-14-34(36)35-15-6-7-17-37(35)42(40)26-32/h1-29H. The van der Waals surface area contributed by atoms with Gasteiger partial charge in [0.1, 0.15) is 0 Å². The molecular weight excluding hydrogens is 591 g/mol. The average molecular weight is 620 g/mol. The van der Waals surface area contributed by atoms with E-state index in [4.69, 9.17) is 0 Å². The van der Waals surface area contributed by atoms with Crippen LogP contribution in [0.5, 0.6) is 0 Å². The number of para-hydroxylation sites is 1. The van der Waals surface area contributed by atoms with Crippen LogP contribution in [0.3, 0.4) is 0 Å². The predicted molar refractivity (Wildman–Crippen MR) is 209 cm³/mol. The third-order valence-electron chi connectivity index (χ3n) is 10.7. The Hall–Kier alpha value is -6.44. The highest BCUT2D eigenvalue weighted by molar-refractivity contribution is 6.26. The molecule has 0 fully saturated rings. The Morgan fingerprint density at radius 2 is 0.776 bits per heavy atom. The molecule has 0 atom stereocenters. The van der Waals surface area contributed by atoms with Gasteiger partial charge in [0.05, 0.1) is 16.7 Å². The summed E-state index contributed by atoms with van der Waals surface area (Å²) in [5.41, 5.74) is 13.7. The zero-order valence-corrected chi connectivity index (χ0v) is 26.7. The van der Waals surface area contributed by atoms with E-state index in [0.29, 0.717) is 0 Å². The second-order valence-electron chi connectivity index (χ2n) is 13.3.